The van der Waals surface area contributed by atoms with Crippen LogP contribution in [0.2, 0.25) is 0 Å². The zero-order valence-corrected chi connectivity index (χ0v) is 11.6. The summed E-state index contributed by atoms with van der Waals surface area (Å²) in [6.45, 7) is 1.93. The van der Waals surface area contributed by atoms with Crippen molar-refractivity contribution in [3.63, 3.8) is 0 Å². The Balaban J connectivity index is 2.38. The van der Waals surface area contributed by atoms with E-state index in [2.05, 4.69) is 26.0 Å². The summed E-state index contributed by atoms with van der Waals surface area (Å²) in [7, 11) is 0. The summed E-state index contributed by atoms with van der Waals surface area (Å²) in [5.74, 6) is -0.203. The smallest absolute Gasteiger partial charge is 0.413 e. The molecule has 0 unspecified atom stereocenters. The van der Waals surface area contributed by atoms with E-state index in [9.17, 15) is 9.59 Å². The van der Waals surface area contributed by atoms with Crippen LogP contribution in [0.5, 0.6) is 0 Å². The van der Waals surface area contributed by atoms with Gasteiger partial charge in [-0.25, -0.2) is 4.79 Å². The van der Waals surface area contributed by atoms with Crippen LogP contribution in [0.4, 0.5) is 4.79 Å². The van der Waals surface area contributed by atoms with Crippen LogP contribution >= 0.6 is 27.7 Å². The fourth-order valence-electron chi connectivity index (χ4n) is 1.02. The molecule has 0 bridgehead atoms. The molecular weight excluding hydrogens is 306 g/mol. The highest BCUT2D eigenvalue weighted by molar-refractivity contribution is 9.10. The normalized spacial score (nSPS) is 9.76. The molecule has 92 valence electrons. The molecule has 0 atom stereocenters. The molecule has 2 amide bonds. The fraction of sp³-hybridized carbons (Fsp3) is 0.273. The number of benzene rings is 1. The predicted octanol–water partition coefficient (Wildman–Crippen LogP) is 2.81. The monoisotopic (exact) mass is 317 g/mol. The van der Waals surface area contributed by atoms with E-state index in [1.165, 1.54) is 11.8 Å². The minimum atomic E-state index is -0.703. The maximum Gasteiger partial charge on any atom is 0.413 e. The quantitative estimate of drug-likeness (QED) is 0.868. The highest BCUT2D eigenvalue weighted by atomic mass is 79.9. The van der Waals surface area contributed by atoms with Crippen LogP contribution in [0.3, 0.4) is 0 Å². The summed E-state index contributed by atoms with van der Waals surface area (Å²) in [5.41, 5.74) is 0. The lowest BCUT2D eigenvalue weighted by molar-refractivity contribution is -0.117. The molecule has 0 heterocycles. The number of halogens is 1. The lowest BCUT2D eigenvalue weighted by Crippen LogP contribution is -2.32. The molecule has 0 aliphatic rings. The zero-order chi connectivity index (χ0) is 12.7. The van der Waals surface area contributed by atoms with Crippen molar-refractivity contribution in [3.8, 4) is 0 Å². The minimum Gasteiger partial charge on any atom is -0.450 e. The van der Waals surface area contributed by atoms with Gasteiger partial charge in [0.15, 0.2) is 0 Å². The van der Waals surface area contributed by atoms with Crippen molar-refractivity contribution in [2.24, 2.45) is 0 Å². The average Bonchev–Trinajstić information content (AvgIpc) is 2.28. The van der Waals surface area contributed by atoms with Crippen LogP contribution in [0.15, 0.2) is 33.6 Å². The number of carbonyl (C=O) groups excluding carboxylic acids is 2. The van der Waals surface area contributed by atoms with Crippen molar-refractivity contribution < 1.29 is 14.3 Å². The SMILES string of the molecule is CCOC(=O)NC(=O)CSc1ccccc1Br. The number of imide groups is 1. The first-order valence-electron chi connectivity index (χ1n) is 4.97. The highest BCUT2D eigenvalue weighted by Crippen LogP contribution is 2.26. The number of alkyl carbamates (subject to hydrolysis) is 1. The molecule has 0 saturated carbocycles. The highest BCUT2D eigenvalue weighted by Gasteiger charge is 2.09. The summed E-state index contributed by atoms with van der Waals surface area (Å²) < 4.78 is 5.52. The van der Waals surface area contributed by atoms with Crippen molar-refractivity contribution in [1.82, 2.24) is 5.32 Å². The Hall–Kier alpha value is -1.01. The number of hydrogen-bond acceptors (Lipinski definition) is 4. The fourth-order valence-corrected chi connectivity index (χ4v) is 2.39. The molecule has 1 aromatic rings. The minimum absolute atomic E-state index is 0.168. The maximum atomic E-state index is 11.4. The van der Waals surface area contributed by atoms with E-state index >= 15 is 0 Å². The van der Waals surface area contributed by atoms with Gasteiger partial charge in [-0.05, 0) is 35.0 Å². The second-order valence-corrected chi connectivity index (χ2v) is 4.86. The van der Waals surface area contributed by atoms with Crippen LogP contribution in [-0.4, -0.2) is 24.4 Å². The van der Waals surface area contributed by atoms with Gasteiger partial charge in [0.25, 0.3) is 0 Å². The molecule has 17 heavy (non-hydrogen) atoms. The summed E-state index contributed by atoms with van der Waals surface area (Å²) >= 11 is 4.73. The number of thioether (sulfide) groups is 1. The number of carbonyl (C=O) groups is 2. The average molecular weight is 318 g/mol. The van der Waals surface area contributed by atoms with Gasteiger partial charge in [0.05, 0.1) is 12.4 Å². The van der Waals surface area contributed by atoms with E-state index in [4.69, 9.17) is 0 Å². The Kier molecular flexibility index (Phi) is 6.07. The Morgan fingerprint density at radius 2 is 2.12 bits per heavy atom. The lowest BCUT2D eigenvalue weighted by atomic mass is 10.4. The van der Waals surface area contributed by atoms with Crippen LogP contribution in [-0.2, 0) is 9.53 Å². The third-order valence-electron chi connectivity index (χ3n) is 1.71. The van der Waals surface area contributed by atoms with Gasteiger partial charge >= 0.3 is 6.09 Å². The summed E-state index contributed by atoms with van der Waals surface area (Å²) in [6.07, 6.45) is -0.703. The second-order valence-electron chi connectivity index (χ2n) is 2.99. The molecule has 0 spiro atoms. The molecule has 6 heteroatoms. The van der Waals surface area contributed by atoms with Crippen molar-refractivity contribution in [2.45, 2.75) is 11.8 Å². The van der Waals surface area contributed by atoms with Crippen molar-refractivity contribution in [1.29, 1.82) is 0 Å². The van der Waals surface area contributed by atoms with Crippen LogP contribution in [0.25, 0.3) is 0 Å². The number of nitrogens with one attached hydrogen (secondary N) is 1. The van der Waals surface area contributed by atoms with Crippen molar-refractivity contribution >= 4 is 39.7 Å². The number of hydrogen-bond donors (Lipinski definition) is 1. The number of rotatable bonds is 4. The molecule has 0 fully saturated rings. The first-order valence-corrected chi connectivity index (χ1v) is 6.75. The van der Waals surface area contributed by atoms with Gasteiger partial charge in [0, 0.05) is 9.37 Å². The number of amides is 2. The first kappa shape index (κ1) is 14.1. The molecule has 1 aromatic carbocycles. The summed E-state index contributed by atoms with van der Waals surface area (Å²) in [5, 5.41) is 2.13. The van der Waals surface area contributed by atoms with E-state index in [1.807, 2.05) is 24.3 Å². The third-order valence-corrected chi connectivity index (χ3v) is 3.74. The first-order chi connectivity index (χ1) is 8.13. The molecular formula is C11H12BrNO3S. The van der Waals surface area contributed by atoms with E-state index in [0.717, 1.165) is 9.37 Å². The Morgan fingerprint density at radius 3 is 2.76 bits per heavy atom. The van der Waals surface area contributed by atoms with E-state index in [-0.39, 0.29) is 18.3 Å². The van der Waals surface area contributed by atoms with Crippen LogP contribution in [0, 0.1) is 0 Å². The standard InChI is InChI=1S/C11H12BrNO3S/c1-2-16-11(15)13-10(14)7-17-9-6-4-3-5-8(9)12/h3-6H,2,7H2,1H3,(H,13,14,15). The molecule has 0 aromatic heterocycles. The second kappa shape index (κ2) is 7.34. The van der Waals surface area contributed by atoms with Gasteiger partial charge in [-0.15, -0.1) is 11.8 Å². The predicted molar refractivity (Wildman–Crippen MR) is 70.0 cm³/mol. The van der Waals surface area contributed by atoms with Gasteiger partial charge in [0.1, 0.15) is 0 Å². The van der Waals surface area contributed by atoms with Gasteiger partial charge in [0.2, 0.25) is 5.91 Å². The van der Waals surface area contributed by atoms with Crippen LogP contribution < -0.4 is 5.32 Å². The Morgan fingerprint density at radius 1 is 1.41 bits per heavy atom. The zero-order valence-electron chi connectivity index (χ0n) is 9.23. The van der Waals surface area contributed by atoms with Gasteiger partial charge in [-0.1, -0.05) is 12.1 Å². The molecule has 0 aliphatic heterocycles. The molecule has 1 N–H and O–H groups in total. The molecule has 0 radical (unpaired) electrons. The third kappa shape index (κ3) is 5.23. The summed E-state index contributed by atoms with van der Waals surface area (Å²) in [4.78, 5) is 23.3. The maximum absolute atomic E-state index is 11.4. The van der Waals surface area contributed by atoms with E-state index in [0.29, 0.717) is 0 Å². The molecule has 1 rings (SSSR count). The van der Waals surface area contributed by atoms with Gasteiger partial charge in [-0.3, -0.25) is 10.1 Å². The van der Waals surface area contributed by atoms with E-state index < -0.39 is 6.09 Å². The largest absolute Gasteiger partial charge is 0.450 e. The lowest BCUT2D eigenvalue weighted by Gasteiger charge is -2.05. The summed E-state index contributed by atoms with van der Waals surface area (Å²) in [6, 6.07) is 7.57. The van der Waals surface area contributed by atoms with Gasteiger partial charge < -0.3 is 4.74 Å². The topological polar surface area (TPSA) is 55.4 Å². The van der Waals surface area contributed by atoms with Crippen LogP contribution in [0.1, 0.15) is 6.92 Å². The van der Waals surface area contributed by atoms with Crippen molar-refractivity contribution in [3.05, 3.63) is 28.7 Å². The Bertz CT molecular complexity index is 411. The van der Waals surface area contributed by atoms with E-state index in [1.54, 1.807) is 6.92 Å². The van der Waals surface area contributed by atoms with Crippen molar-refractivity contribution in [2.75, 3.05) is 12.4 Å². The molecule has 4 nitrogen and oxygen atoms in total. The molecule has 0 aliphatic carbocycles. The molecule has 0 saturated heterocycles. The number of ether oxygens (including phenoxy) is 1. The van der Waals surface area contributed by atoms with Gasteiger partial charge in [-0.2, -0.15) is 0 Å². The Labute approximate surface area is 112 Å².